The molecule has 3 nitrogen and oxygen atoms in total. The summed E-state index contributed by atoms with van der Waals surface area (Å²) in [5.74, 6) is -1.59. The van der Waals surface area contributed by atoms with Gasteiger partial charge >= 0.3 is 18.3 Å². The van der Waals surface area contributed by atoms with Gasteiger partial charge in [0.15, 0.2) is 0 Å². The van der Waals surface area contributed by atoms with Crippen LogP contribution in [0.3, 0.4) is 0 Å². The summed E-state index contributed by atoms with van der Waals surface area (Å²) in [6.07, 6.45) is -2.39. The molecule has 0 aliphatic heterocycles. The van der Waals surface area contributed by atoms with Crippen LogP contribution in [-0.2, 0) is 14.3 Å². The standard InChI is InChI=1S/C11H17F3O3.C3H5F3.C2H2/c1-10(2,3)17-9(16)6-8(7-15)4-5-11(12,13)14;1-2-3(4,5)6;1-2/h7-8H,4-6H2,1-3H3;2H2,1H3;1-2H/t8-;;/m1../s1. The van der Waals surface area contributed by atoms with Crippen molar-refractivity contribution in [1.29, 1.82) is 0 Å². The van der Waals surface area contributed by atoms with E-state index >= 15 is 0 Å². The number of alkyl halides is 6. The second kappa shape index (κ2) is 12.6. The largest absolute Gasteiger partial charge is 0.460 e. The summed E-state index contributed by atoms with van der Waals surface area (Å²) >= 11 is 0. The molecule has 0 fully saturated rings. The van der Waals surface area contributed by atoms with Gasteiger partial charge in [-0.1, -0.05) is 6.92 Å². The summed E-state index contributed by atoms with van der Waals surface area (Å²) in [4.78, 5) is 21.8. The molecular weight excluding hydrogens is 354 g/mol. The van der Waals surface area contributed by atoms with Crippen molar-refractivity contribution in [2.75, 3.05) is 0 Å². The van der Waals surface area contributed by atoms with Crippen molar-refractivity contribution in [2.24, 2.45) is 5.92 Å². The maximum absolute atomic E-state index is 11.9. The van der Waals surface area contributed by atoms with Gasteiger partial charge in [0.05, 0.1) is 6.42 Å². The molecule has 0 bridgehead atoms. The molecule has 0 aromatic rings. The number of rotatable bonds is 5. The zero-order valence-corrected chi connectivity index (χ0v) is 14.6. The van der Waals surface area contributed by atoms with Gasteiger partial charge in [0.2, 0.25) is 0 Å². The van der Waals surface area contributed by atoms with Gasteiger partial charge in [0, 0.05) is 18.8 Å². The number of hydrogen-bond acceptors (Lipinski definition) is 3. The monoisotopic (exact) mass is 378 g/mol. The van der Waals surface area contributed by atoms with Gasteiger partial charge in [0.25, 0.3) is 0 Å². The fraction of sp³-hybridized carbons (Fsp3) is 0.750. The Hall–Kier alpha value is -1.72. The van der Waals surface area contributed by atoms with Gasteiger partial charge < -0.3 is 9.53 Å². The molecular formula is C16H24F6O3. The van der Waals surface area contributed by atoms with Crippen LogP contribution in [0.25, 0.3) is 0 Å². The molecule has 0 aromatic heterocycles. The fourth-order valence-electron chi connectivity index (χ4n) is 1.16. The summed E-state index contributed by atoms with van der Waals surface area (Å²) in [5, 5.41) is 0. The number of carbonyl (C=O) groups excluding carboxylic acids is 2. The van der Waals surface area contributed by atoms with Gasteiger partial charge in [-0.2, -0.15) is 26.3 Å². The number of aldehydes is 1. The molecule has 9 heteroatoms. The van der Waals surface area contributed by atoms with Crippen LogP contribution in [0, 0.1) is 18.8 Å². The minimum absolute atomic E-state index is 0.309. The summed E-state index contributed by atoms with van der Waals surface area (Å²) in [5.41, 5.74) is -0.700. The zero-order chi connectivity index (χ0) is 20.9. The lowest BCUT2D eigenvalue weighted by molar-refractivity contribution is -0.158. The number of ether oxygens (including phenoxy) is 1. The first-order chi connectivity index (χ1) is 11.1. The Bertz CT molecular complexity index is 391. The topological polar surface area (TPSA) is 43.4 Å². The smallest absolute Gasteiger partial charge is 0.389 e. The lowest BCUT2D eigenvalue weighted by Gasteiger charge is -2.20. The molecule has 0 aliphatic carbocycles. The predicted molar refractivity (Wildman–Crippen MR) is 81.5 cm³/mol. The van der Waals surface area contributed by atoms with Crippen molar-refractivity contribution in [1.82, 2.24) is 0 Å². The highest BCUT2D eigenvalue weighted by Crippen LogP contribution is 2.25. The Morgan fingerprint density at radius 3 is 1.68 bits per heavy atom. The summed E-state index contributed by atoms with van der Waals surface area (Å²) < 4.78 is 73.1. The van der Waals surface area contributed by atoms with Crippen LogP contribution in [0.5, 0.6) is 0 Å². The van der Waals surface area contributed by atoms with Gasteiger partial charge in [-0.3, -0.25) is 4.79 Å². The molecule has 25 heavy (non-hydrogen) atoms. The number of hydrogen-bond donors (Lipinski definition) is 0. The normalized spacial score (nSPS) is 12.6. The summed E-state index contributed by atoms with van der Waals surface area (Å²) in [6.45, 7) is 6.03. The van der Waals surface area contributed by atoms with E-state index in [1.165, 1.54) is 0 Å². The van der Waals surface area contributed by atoms with Crippen molar-refractivity contribution < 1.29 is 40.7 Å². The van der Waals surface area contributed by atoms with E-state index in [4.69, 9.17) is 4.74 Å². The Morgan fingerprint density at radius 1 is 1.04 bits per heavy atom. The van der Waals surface area contributed by atoms with E-state index in [0.29, 0.717) is 6.29 Å². The second-order valence-corrected chi connectivity index (χ2v) is 5.81. The molecule has 0 aromatic carbocycles. The Kier molecular flexibility index (Phi) is 14.2. The third kappa shape index (κ3) is 27.4. The number of esters is 1. The Balaban J connectivity index is -0.000000507. The third-order valence-corrected chi connectivity index (χ3v) is 2.24. The van der Waals surface area contributed by atoms with Gasteiger partial charge in [-0.15, -0.1) is 12.8 Å². The average Bonchev–Trinajstić information content (AvgIpc) is 2.42. The summed E-state index contributed by atoms with van der Waals surface area (Å²) in [7, 11) is 0. The van der Waals surface area contributed by atoms with Crippen LogP contribution in [-0.4, -0.2) is 30.2 Å². The van der Waals surface area contributed by atoms with E-state index in [2.05, 4.69) is 12.8 Å². The first kappa shape index (κ1) is 28.1. The number of terminal acetylenes is 1. The molecule has 0 radical (unpaired) electrons. The first-order valence-electron chi connectivity index (χ1n) is 7.23. The van der Waals surface area contributed by atoms with Crippen molar-refractivity contribution >= 4 is 12.3 Å². The highest BCUT2D eigenvalue weighted by Gasteiger charge is 2.29. The van der Waals surface area contributed by atoms with Crippen LogP contribution < -0.4 is 0 Å². The number of halogens is 6. The molecule has 0 aliphatic rings. The second-order valence-electron chi connectivity index (χ2n) is 5.81. The zero-order valence-electron chi connectivity index (χ0n) is 14.6. The van der Waals surface area contributed by atoms with Crippen molar-refractivity contribution in [3.8, 4) is 12.8 Å². The van der Waals surface area contributed by atoms with Crippen LogP contribution in [0.1, 0.15) is 53.4 Å². The predicted octanol–water partition coefficient (Wildman–Crippen LogP) is 5.08. The minimum atomic E-state index is -4.31. The molecule has 0 spiro atoms. The van der Waals surface area contributed by atoms with Crippen molar-refractivity contribution in [3.05, 3.63) is 0 Å². The van der Waals surface area contributed by atoms with Crippen LogP contribution in [0.4, 0.5) is 26.3 Å². The quantitative estimate of drug-likeness (QED) is 0.290. The third-order valence-electron chi connectivity index (χ3n) is 2.24. The van der Waals surface area contributed by atoms with Gasteiger partial charge in [0.1, 0.15) is 11.9 Å². The van der Waals surface area contributed by atoms with E-state index < -0.39 is 42.7 Å². The van der Waals surface area contributed by atoms with E-state index in [-0.39, 0.29) is 12.8 Å². The summed E-state index contributed by atoms with van der Waals surface area (Å²) in [6, 6.07) is 0. The Morgan fingerprint density at radius 2 is 1.44 bits per heavy atom. The average molecular weight is 378 g/mol. The maximum atomic E-state index is 11.9. The van der Waals surface area contributed by atoms with Crippen LogP contribution in [0.15, 0.2) is 0 Å². The molecule has 0 heterocycles. The van der Waals surface area contributed by atoms with Gasteiger partial charge in [-0.05, 0) is 27.2 Å². The molecule has 0 saturated heterocycles. The van der Waals surface area contributed by atoms with E-state index in [1.807, 2.05) is 0 Å². The Labute approximate surface area is 144 Å². The van der Waals surface area contributed by atoms with Gasteiger partial charge in [-0.25, -0.2) is 0 Å². The highest BCUT2D eigenvalue weighted by molar-refractivity contribution is 5.74. The SMILES string of the molecule is C#C.CC(C)(C)OC(=O)C[C@H](C=O)CCC(F)(F)F.CCC(F)(F)F. The van der Waals surface area contributed by atoms with E-state index in [1.54, 1.807) is 20.8 Å². The lowest BCUT2D eigenvalue weighted by atomic mass is 10.0. The van der Waals surface area contributed by atoms with E-state index in [9.17, 15) is 35.9 Å². The van der Waals surface area contributed by atoms with E-state index in [0.717, 1.165) is 6.92 Å². The number of carbonyl (C=O) groups is 2. The highest BCUT2D eigenvalue weighted by atomic mass is 19.4. The lowest BCUT2D eigenvalue weighted by Crippen LogP contribution is -2.26. The fourth-order valence-corrected chi connectivity index (χ4v) is 1.16. The molecule has 0 unspecified atom stereocenters. The maximum Gasteiger partial charge on any atom is 0.389 e. The molecule has 148 valence electrons. The van der Waals surface area contributed by atoms with Crippen molar-refractivity contribution in [2.45, 2.75) is 71.3 Å². The first-order valence-corrected chi connectivity index (χ1v) is 7.23. The molecule has 0 amide bonds. The molecule has 0 rings (SSSR count). The molecule has 0 saturated carbocycles. The molecule has 1 atom stereocenters. The van der Waals surface area contributed by atoms with Crippen LogP contribution in [0.2, 0.25) is 0 Å². The van der Waals surface area contributed by atoms with Crippen molar-refractivity contribution in [3.63, 3.8) is 0 Å². The van der Waals surface area contributed by atoms with Crippen LogP contribution >= 0.6 is 0 Å². The minimum Gasteiger partial charge on any atom is -0.460 e. The molecule has 0 N–H and O–H groups in total.